The Morgan fingerprint density at radius 3 is 1.61 bits per heavy atom. The molecule has 0 saturated heterocycles. The van der Waals surface area contributed by atoms with E-state index in [-0.39, 0.29) is 12.2 Å². The summed E-state index contributed by atoms with van der Waals surface area (Å²) in [5.41, 5.74) is 1.86. The summed E-state index contributed by atoms with van der Waals surface area (Å²) < 4.78 is 29.4. The van der Waals surface area contributed by atoms with Gasteiger partial charge in [0.05, 0.1) is 12.2 Å². The number of hydrogen-bond donors (Lipinski definition) is 1. The Morgan fingerprint density at radius 1 is 0.711 bits per heavy atom. The van der Waals surface area contributed by atoms with Crippen LogP contribution in [0.4, 0.5) is 5.69 Å². The van der Waals surface area contributed by atoms with Gasteiger partial charge in [0, 0.05) is 5.69 Å². The molecule has 0 heterocycles. The van der Waals surface area contributed by atoms with E-state index < -0.39 is 13.4 Å². The Kier molecular flexibility index (Phi) is 10.2. The molecule has 38 heavy (non-hydrogen) atoms. The number of anilines is 1. The highest BCUT2D eigenvalue weighted by Crippen LogP contribution is 2.65. The quantitative estimate of drug-likeness (QED) is 0.305. The maximum atomic E-state index is 15.5. The lowest BCUT2D eigenvalue weighted by Crippen LogP contribution is -2.37. The topological polar surface area (TPSA) is 47.6 Å². The molecule has 0 amide bonds. The van der Waals surface area contributed by atoms with Crippen molar-refractivity contribution in [2.75, 3.05) is 5.32 Å². The van der Waals surface area contributed by atoms with Crippen LogP contribution in [0.2, 0.25) is 0 Å². The first kappa shape index (κ1) is 29.4. The summed E-state index contributed by atoms with van der Waals surface area (Å²) in [6.45, 7) is 13.7. The van der Waals surface area contributed by atoms with Crippen LogP contribution in [0, 0.1) is 35.5 Å². The maximum Gasteiger partial charge on any atom is 0.357 e. The van der Waals surface area contributed by atoms with E-state index in [1.165, 1.54) is 12.8 Å². The fourth-order valence-corrected chi connectivity index (χ4v) is 9.05. The smallest absolute Gasteiger partial charge is 0.357 e. The van der Waals surface area contributed by atoms with Crippen LogP contribution in [0.15, 0.2) is 60.7 Å². The summed E-state index contributed by atoms with van der Waals surface area (Å²) in [5.74, 6) is 2.22. The molecule has 0 radical (unpaired) electrons. The van der Waals surface area contributed by atoms with E-state index in [1.54, 1.807) is 0 Å². The van der Waals surface area contributed by atoms with Crippen LogP contribution in [-0.4, -0.2) is 12.2 Å². The number of rotatable bonds is 10. The zero-order chi connectivity index (χ0) is 27.3. The van der Waals surface area contributed by atoms with E-state index in [2.05, 4.69) is 46.9 Å². The van der Waals surface area contributed by atoms with Crippen molar-refractivity contribution in [2.45, 2.75) is 98.1 Å². The van der Waals surface area contributed by atoms with Crippen molar-refractivity contribution in [1.82, 2.24) is 0 Å². The normalized spacial score (nSPS) is 30.6. The summed E-state index contributed by atoms with van der Waals surface area (Å²) in [7, 11) is -3.67. The Bertz CT molecular complexity index is 989. The Balaban J connectivity index is 1.76. The lowest BCUT2D eigenvalue weighted by Gasteiger charge is -2.43. The fraction of sp³-hybridized carbons (Fsp3) is 0.636. The van der Waals surface area contributed by atoms with Crippen LogP contribution >= 0.6 is 7.60 Å². The second-order valence-electron chi connectivity index (χ2n) is 12.8. The molecule has 4 rings (SSSR count). The number of nitrogens with one attached hydrogen (secondary N) is 1. The van der Waals surface area contributed by atoms with Crippen molar-refractivity contribution < 1.29 is 13.6 Å². The molecule has 2 aromatic carbocycles. The fourth-order valence-electron chi connectivity index (χ4n) is 6.67. The van der Waals surface area contributed by atoms with Crippen LogP contribution in [-0.2, 0) is 13.6 Å². The van der Waals surface area contributed by atoms with Gasteiger partial charge < -0.3 is 14.4 Å². The third-order valence-electron chi connectivity index (χ3n) is 9.00. The van der Waals surface area contributed by atoms with Crippen molar-refractivity contribution >= 4 is 13.3 Å². The van der Waals surface area contributed by atoms with E-state index in [0.29, 0.717) is 35.5 Å². The minimum atomic E-state index is -3.67. The first-order chi connectivity index (χ1) is 18.2. The molecular formula is C33H50NO3P. The van der Waals surface area contributed by atoms with Crippen molar-refractivity contribution in [3.05, 3.63) is 66.2 Å². The monoisotopic (exact) mass is 539 g/mol. The van der Waals surface area contributed by atoms with Gasteiger partial charge in [0.1, 0.15) is 0 Å². The predicted molar refractivity (Wildman–Crippen MR) is 159 cm³/mol. The van der Waals surface area contributed by atoms with Crippen LogP contribution in [0.5, 0.6) is 0 Å². The number of para-hydroxylation sites is 1. The molecule has 1 N–H and O–H groups in total. The molecule has 4 nitrogen and oxygen atoms in total. The molecule has 2 aromatic rings. The van der Waals surface area contributed by atoms with Gasteiger partial charge in [-0.15, -0.1) is 0 Å². The van der Waals surface area contributed by atoms with Gasteiger partial charge in [-0.3, -0.25) is 4.57 Å². The summed E-state index contributed by atoms with van der Waals surface area (Å²) in [5, 5.41) is 3.61. The van der Waals surface area contributed by atoms with Crippen LogP contribution in [0.1, 0.15) is 91.4 Å². The van der Waals surface area contributed by atoms with Gasteiger partial charge in [0.15, 0.2) is 5.78 Å². The molecule has 0 bridgehead atoms. The lowest BCUT2D eigenvalue weighted by atomic mass is 9.75. The highest BCUT2D eigenvalue weighted by Gasteiger charge is 2.47. The third-order valence-corrected chi connectivity index (χ3v) is 11.2. The van der Waals surface area contributed by atoms with Gasteiger partial charge in [-0.05, 0) is 78.9 Å². The highest BCUT2D eigenvalue weighted by atomic mass is 31.2. The molecule has 2 aliphatic carbocycles. The minimum absolute atomic E-state index is 0.0770. The SMILES string of the molecule is CC(C)[C@H]1CC[C@H](C)C[C@H]1OP(=O)(O[C@@H]1C[C@H](C)CC[C@H]1C(C)C)[C@H](Nc1ccccc1)c1ccccc1. The molecule has 0 aliphatic heterocycles. The largest absolute Gasteiger partial charge is 0.368 e. The van der Waals surface area contributed by atoms with E-state index in [9.17, 15) is 0 Å². The molecule has 5 heteroatoms. The molecule has 0 spiro atoms. The van der Waals surface area contributed by atoms with E-state index in [0.717, 1.165) is 36.9 Å². The van der Waals surface area contributed by atoms with Crippen molar-refractivity contribution in [2.24, 2.45) is 35.5 Å². The first-order valence-electron chi connectivity index (χ1n) is 15.0. The summed E-state index contributed by atoms with van der Waals surface area (Å²) >= 11 is 0. The first-order valence-corrected chi connectivity index (χ1v) is 16.6. The van der Waals surface area contributed by atoms with Gasteiger partial charge in [-0.2, -0.15) is 0 Å². The zero-order valence-corrected chi connectivity index (χ0v) is 25.3. The van der Waals surface area contributed by atoms with Crippen LogP contribution < -0.4 is 5.32 Å². The van der Waals surface area contributed by atoms with E-state index in [4.69, 9.17) is 9.05 Å². The number of benzene rings is 2. The maximum absolute atomic E-state index is 15.5. The molecule has 2 aliphatic rings. The Labute approximate surface area is 231 Å². The van der Waals surface area contributed by atoms with E-state index >= 15 is 4.57 Å². The Morgan fingerprint density at radius 2 is 1.16 bits per heavy atom. The molecule has 8 atom stereocenters. The average Bonchev–Trinajstić information content (AvgIpc) is 2.88. The van der Waals surface area contributed by atoms with Crippen molar-refractivity contribution in [3.8, 4) is 0 Å². The third kappa shape index (κ3) is 7.32. The van der Waals surface area contributed by atoms with Gasteiger partial charge in [-0.1, -0.05) is 103 Å². The standard InChI is InChI=1S/C33H50NO3P/c1-23(2)29-19-17-25(5)21-31(29)36-38(35,37-32-22-26(6)18-20-30(32)24(3)4)33(27-13-9-7-10-14-27)34-28-15-11-8-12-16-28/h7-16,23-26,29-34H,17-22H2,1-6H3/t25-,26+,29+,30-,31-,32-,33+,38?/m1/s1. The number of hydrogen-bond acceptors (Lipinski definition) is 4. The summed E-state index contributed by atoms with van der Waals surface area (Å²) in [6, 6.07) is 20.2. The Hall–Kier alpha value is -1.61. The lowest BCUT2D eigenvalue weighted by molar-refractivity contribution is -0.00541. The van der Waals surface area contributed by atoms with Gasteiger partial charge >= 0.3 is 7.60 Å². The summed E-state index contributed by atoms with van der Waals surface area (Å²) in [4.78, 5) is 0. The second-order valence-corrected chi connectivity index (χ2v) is 14.8. The predicted octanol–water partition coefficient (Wildman–Crippen LogP) is 9.95. The second kappa shape index (κ2) is 13.2. The van der Waals surface area contributed by atoms with Gasteiger partial charge in [0.25, 0.3) is 0 Å². The molecule has 2 saturated carbocycles. The zero-order valence-electron chi connectivity index (χ0n) is 24.4. The summed E-state index contributed by atoms with van der Waals surface area (Å²) in [6.07, 6.45) is 6.33. The highest BCUT2D eigenvalue weighted by molar-refractivity contribution is 7.54. The van der Waals surface area contributed by atoms with Crippen molar-refractivity contribution in [3.63, 3.8) is 0 Å². The molecule has 210 valence electrons. The van der Waals surface area contributed by atoms with Gasteiger partial charge in [-0.25, -0.2) is 0 Å². The van der Waals surface area contributed by atoms with Crippen LogP contribution in [0.25, 0.3) is 0 Å². The molecule has 2 fully saturated rings. The van der Waals surface area contributed by atoms with Crippen LogP contribution in [0.3, 0.4) is 0 Å². The van der Waals surface area contributed by atoms with Gasteiger partial charge in [0.2, 0.25) is 0 Å². The van der Waals surface area contributed by atoms with Crippen molar-refractivity contribution in [1.29, 1.82) is 0 Å². The molecule has 0 aromatic heterocycles. The minimum Gasteiger partial charge on any atom is -0.368 e. The molecule has 1 unspecified atom stereocenters. The molecular weight excluding hydrogens is 489 g/mol. The average molecular weight is 540 g/mol. The van der Waals surface area contributed by atoms with E-state index in [1.807, 2.05) is 60.7 Å².